The molecule has 0 amide bonds. The fourth-order valence-electron chi connectivity index (χ4n) is 3.54. The number of nitrogens with zero attached hydrogens (tertiary/aromatic N) is 7. The van der Waals surface area contributed by atoms with Crippen LogP contribution in [0, 0.1) is 0 Å². The van der Waals surface area contributed by atoms with Gasteiger partial charge in [-0.3, -0.25) is 9.78 Å². The molecular weight excluding hydrogens is 581 g/mol. The van der Waals surface area contributed by atoms with Gasteiger partial charge in [-0.15, -0.1) is 0 Å². The number of pyridine rings is 1. The lowest BCUT2D eigenvalue weighted by Gasteiger charge is -2.32. The van der Waals surface area contributed by atoms with Crippen molar-refractivity contribution in [1.82, 2.24) is 24.5 Å². The molecule has 0 aromatic carbocycles. The largest absolute Gasteiger partial charge is 0.418 e. The highest BCUT2D eigenvalue weighted by atomic mass is 127. The van der Waals surface area contributed by atoms with E-state index < -0.39 is 11.7 Å². The second-order valence-electron chi connectivity index (χ2n) is 6.89. The van der Waals surface area contributed by atoms with E-state index in [1.165, 1.54) is 28.9 Å². The molecule has 4 heterocycles. The summed E-state index contributed by atoms with van der Waals surface area (Å²) in [6, 6.07) is 0.939. The summed E-state index contributed by atoms with van der Waals surface area (Å²) >= 11 is 8.33. The third-order valence-electron chi connectivity index (χ3n) is 5.09. The predicted octanol–water partition coefficient (Wildman–Crippen LogP) is 4.22. The van der Waals surface area contributed by atoms with Crippen molar-refractivity contribution in [2.75, 3.05) is 23.4 Å². The van der Waals surface area contributed by atoms with Crippen molar-refractivity contribution in [1.29, 1.82) is 0 Å². The van der Waals surface area contributed by atoms with Crippen molar-refractivity contribution < 1.29 is 13.2 Å². The summed E-state index contributed by atoms with van der Waals surface area (Å²) in [5, 5.41) is 4.21. The predicted molar refractivity (Wildman–Crippen MR) is 125 cm³/mol. The number of fused-ring (bicyclic) bond motifs is 1. The fraction of sp³-hybridized carbons (Fsp3) is 0.278. The Morgan fingerprint density at radius 3 is 2.78 bits per heavy atom. The van der Waals surface area contributed by atoms with E-state index in [2.05, 4.69) is 20.1 Å². The minimum Gasteiger partial charge on any atom is -0.363 e. The standard InChI is InChI=1S/C18H15ClF3IN7OP/c1-28(13-6-24-4-2-11(13)18(20,21)22)16-10-3-5-29(8-12(10)25-9-26-16)14-7-27-30(32-23)17(31)15(14)19/h2,4,6-7,9,32H,3,5,8H2,1H3. The van der Waals surface area contributed by atoms with Crippen LogP contribution in [-0.2, 0) is 19.1 Å². The summed E-state index contributed by atoms with van der Waals surface area (Å²) in [6.07, 6.45) is 1.18. The maximum atomic E-state index is 13.5. The van der Waals surface area contributed by atoms with Gasteiger partial charge in [0, 0.05) is 25.4 Å². The van der Waals surface area contributed by atoms with Crippen LogP contribution in [0.4, 0.5) is 30.4 Å². The Balaban J connectivity index is 1.69. The molecule has 3 aromatic heterocycles. The highest BCUT2D eigenvalue weighted by Gasteiger charge is 2.35. The quantitative estimate of drug-likeness (QED) is 0.330. The third kappa shape index (κ3) is 4.27. The van der Waals surface area contributed by atoms with Gasteiger partial charge < -0.3 is 9.80 Å². The Labute approximate surface area is 200 Å². The Hall–Kier alpha value is -2.05. The molecule has 14 heteroatoms. The molecule has 0 N–H and O–H groups in total. The second-order valence-corrected chi connectivity index (χ2v) is 9.31. The molecule has 8 nitrogen and oxygen atoms in total. The Morgan fingerprint density at radius 1 is 1.28 bits per heavy atom. The van der Waals surface area contributed by atoms with E-state index in [0.29, 0.717) is 36.7 Å². The summed E-state index contributed by atoms with van der Waals surface area (Å²) in [7, 11) is 1.52. The molecular formula is C18H15ClF3IN7OP. The van der Waals surface area contributed by atoms with Crippen LogP contribution in [0.5, 0.6) is 0 Å². The smallest absolute Gasteiger partial charge is 0.363 e. The normalized spacial score (nSPS) is 14.1. The molecule has 1 aliphatic rings. The zero-order chi connectivity index (χ0) is 23.0. The maximum absolute atomic E-state index is 13.5. The van der Waals surface area contributed by atoms with Crippen LogP contribution in [0.25, 0.3) is 0 Å². The Morgan fingerprint density at radius 2 is 2.06 bits per heavy atom. The summed E-state index contributed by atoms with van der Waals surface area (Å²) in [5.74, 6) is 0.374. The van der Waals surface area contributed by atoms with E-state index in [1.54, 1.807) is 6.20 Å². The van der Waals surface area contributed by atoms with E-state index in [4.69, 9.17) is 11.6 Å². The molecule has 0 radical (unpaired) electrons. The molecule has 0 bridgehead atoms. The number of aromatic nitrogens is 5. The van der Waals surface area contributed by atoms with Crippen molar-refractivity contribution in [2.45, 2.75) is 19.1 Å². The van der Waals surface area contributed by atoms with E-state index in [9.17, 15) is 18.0 Å². The monoisotopic (exact) mass is 595 g/mol. The van der Waals surface area contributed by atoms with Crippen LogP contribution in [0.3, 0.4) is 0 Å². The number of alkyl halides is 3. The molecule has 4 rings (SSSR count). The first-order chi connectivity index (χ1) is 15.2. The average Bonchev–Trinajstić information content (AvgIpc) is 2.79. The molecule has 1 unspecified atom stereocenters. The SMILES string of the molecule is CN(c1cnccc1C(F)(F)F)c1ncnc2c1CCN(c1cnn(PI)c(=O)c1Cl)C2. The molecule has 0 aliphatic carbocycles. The lowest BCUT2D eigenvalue weighted by molar-refractivity contribution is -0.137. The molecule has 32 heavy (non-hydrogen) atoms. The zero-order valence-corrected chi connectivity index (χ0v) is 20.4. The van der Waals surface area contributed by atoms with Crippen LogP contribution >= 0.6 is 40.0 Å². The molecule has 1 atom stereocenters. The molecule has 0 saturated carbocycles. The number of hydrogen-bond acceptors (Lipinski definition) is 7. The van der Waals surface area contributed by atoms with Gasteiger partial charge in [0.05, 0.1) is 47.9 Å². The molecule has 0 fully saturated rings. The molecule has 0 saturated heterocycles. The highest BCUT2D eigenvalue weighted by molar-refractivity contribution is 14.2. The third-order valence-corrected chi connectivity index (χ3v) is 7.29. The topological polar surface area (TPSA) is 80.0 Å². The average molecular weight is 596 g/mol. The first kappa shape index (κ1) is 23.1. The van der Waals surface area contributed by atoms with Crippen molar-refractivity contribution in [3.05, 3.63) is 63.2 Å². The minimum absolute atomic E-state index is 0.0733. The van der Waals surface area contributed by atoms with Gasteiger partial charge in [0.15, 0.2) is 0 Å². The molecule has 3 aromatic rings. The van der Waals surface area contributed by atoms with Crippen LogP contribution in [-0.4, -0.2) is 38.1 Å². The van der Waals surface area contributed by atoms with E-state index >= 15 is 0 Å². The van der Waals surface area contributed by atoms with Crippen LogP contribution in [0.2, 0.25) is 5.02 Å². The van der Waals surface area contributed by atoms with Crippen molar-refractivity contribution in [2.24, 2.45) is 0 Å². The van der Waals surface area contributed by atoms with E-state index in [1.807, 2.05) is 26.9 Å². The number of halogens is 5. The van der Waals surface area contributed by atoms with E-state index in [0.717, 1.165) is 17.8 Å². The van der Waals surface area contributed by atoms with Crippen LogP contribution in [0.1, 0.15) is 16.8 Å². The number of hydrogen-bond donors (Lipinski definition) is 0. The highest BCUT2D eigenvalue weighted by Crippen LogP contribution is 2.39. The first-order valence-corrected chi connectivity index (χ1v) is 13.6. The maximum Gasteiger partial charge on any atom is 0.418 e. The summed E-state index contributed by atoms with van der Waals surface area (Å²) < 4.78 is 41.7. The van der Waals surface area contributed by atoms with Crippen molar-refractivity contribution in [3.8, 4) is 0 Å². The van der Waals surface area contributed by atoms with Crippen molar-refractivity contribution in [3.63, 3.8) is 0 Å². The van der Waals surface area contributed by atoms with Gasteiger partial charge in [-0.2, -0.15) is 18.3 Å². The van der Waals surface area contributed by atoms with Crippen LogP contribution in [0.15, 0.2) is 35.8 Å². The molecule has 0 spiro atoms. The van der Waals surface area contributed by atoms with E-state index in [-0.39, 0.29) is 22.6 Å². The zero-order valence-electron chi connectivity index (χ0n) is 16.4. The lowest BCUT2D eigenvalue weighted by Crippen LogP contribution is -2.34. The molecule has 168 valence electrons. The Kier molecular flexibility index (Phi) is 6.55. The van der Waals surface area contributed by atoms with Gasteiger partial charge >= 0.3 is 6.18 Å². The first-order valence-electron chi connectivity index (χ1n) is 9.19. The lowest BCUT2D eigenvalue weighted by atomic mass is 10.0. The summed E-state index contributed by atoms with van der Waals surface area (Å²) in [4.78, 5) is 28.0. The number of anilines is 3. The Bertz CT molecular complexity index is 1230. The summed E-state index contributed by atoms with van der Waals surface area (Å²) in [6.45, 7) is 0.785. The number of rotatable bonds is 4. The van der Waals surface area contributed by atoms with Gasteiger partial charge in [0.25, 0.3) is 5.56 Å². The van der Waals surface area contributed by atoms with Gasteiger partial charge in [-0.05, 0) is 34.5 Å². The summed E-state index contributed by atoms with van der Waals surface area (Å²) in [5.41, 5.74) is 0.597. The van der Waals surface area contributed by atoms with Gasteiger partial charge in [0.2, 0.25) is 0 Å². The van der Waals surface area contributed by atoms with Gasteiger partial charge in [-0.1, -0.05) is 11.6 Å². The van der Waals surface area contributed by atoms with Crippen molar-refractivity contribution >= 4 is 57.2 Å². The second kappa shape index (κ2) is 9.06. The van der Waals surface area contributed by atoms with Gasteiger partial charge in [0.1, 0.15) is 17.2 Å². The minimum atomic E-state index is -4.53. The van der Waals surface area contributed by atoms with Gasteiger partial charge in [-0.25, -0.2) is 14.4 Å². The van der Waals surface area contributed by atoms with Crippen LogP contribution < -0.4 is 15.4 Å². The molecule has 1 aliphatic heterocycles. The fourth-order valence-corrected chi connectivity index (χ4v) is 5.18.